The molecule has 0 bridgehead atoms. The Balaban J connectivity index is 1.76. The summed E-state index contributed by atoms with van der Waals surface area (Å²) in [5.74, 6) is -0.596. The molecule has 0 aliphatic carbocycles. The van der Waals surface area contributed by atoms with Crippen molar-refractivity contribution in [3.05, 3.63) is 23.2 Å². The minimum absolute atomic E-state index is 0.137. The highest BCUT2D eigenvalue weighted by Gasteiger charge is 2.28. The van der Waals surface area contributed by atoms with Crippen LogP contribution in [0, 0.1) is 5.92 Å². The van der Waals surface area contributed by atoms with Gasteiger partial charge in [0.25, 0.3) is 0 Å². The van der Waals surface area contributed by atoms with Crippen molar-refractivity contribution in [1.82, 2.24) is 9.21 Å². The van der Waals surface area contributed by atoms with Gasteiger partial charge in [0.2, 0.25) is 15.9 Å². The first-order valence-electron chi connectivity index (χ1n) is 9.02. The van der Waals surface area contributed by atoms with E-state index in [0.29, 0.717) is 55.2 Å². The molecule has 1 aromatic carbocycles. The number of hydrogen-bond donors (Lipinski definition) is 2. The fourth-order valence-corrected chi connectivity index (χ4v) is 5.16. The van der Waals surface area contributed by atoms with Crippen LogP contribution in [0.3, 0.4) is 0 Å². The molecule has 1 amide bonds. The second-order valence-corrected chi connectivity index (χ2v) is 9.51. The van der Waals surface area contributed by atoms with Gasteiger partial charge in [0, 0.05) is 26.2 Å². The number of primary amides is 1. The lowest BCUT2D eigenvalue weighted by molar-refractivity contribution is -0.122. The van der Waals surface area contributed by atoms with Gasteiger partial charge in [-0.15, -0.1) is 0 Å². The van der Waals surface area contributed by atoms with Gasteiger partial charge in [-0.2, -0.15) is 4.31 Å². The highest BCUT2D eigenvalue weighted by Crippen LogP contribution is 2.28. The highest BCUT2D eigenvalue weighted by molar-refractivity contribution is 7.89. The molecule has 28 heavy (non-hydrogen) atoms. The van der Waals surface area contributed by atoms with Crippen LogP contribution in [0.15, 0.2) is 23.1 Å². The van der Waals surface area contributed by atoms with E-state index in [2.05, 4.69) is 5.32 Å². The first-order valence-corrected chi connectivity index (χ1v) is 11.2. The number of ether oxygens (including phenoxy) is 1. The predicted octanol–water partition coefficient (Wildman–Crippen LogP) is 1.25. The maximum atomic E-state index is 12.9. The topological polar surface area (TPSA) is 105 Å². The number of likely N-dealkylation sites (tertiary alicyclic amines) is 1. The van der Waals surface area contributed by atoms with E-state index in [9.17, 15) is 13.2 Å². The van der Waals surface area contributed by atoms with E-state index >= 15 is 0 Å². The second-order valence-electron chi connectivity index (χ2n) is 6.78. The van der Waals surface area contributed by atoms with E-state index in [4.69, 9.17) is 34.3 Å². The molecule has 1 atom stereocenters. The minimum atomic E-state index is -3.65. The molecule has 3 N–H and O–H groups in total. The van der Waals surface area contributed by atoms with Crippen LogP contribution in [0.1, 0.15) is 12.8 Å². The maximum Gasteiger partial charge on any atom is 0.243 e. The third kappa shape index (κ3) is 4.74. The van der Waals surface area contributed by atoms with E-state index in [1.54, 1.807) is 0 Å². The lowest BCUT2D eigenvalue weighted by Gasteiger charge is -2.33. The number of hydrogen-bond acceptors (Lipinski definition) is 5. The van der Waals surface area contributed by atoms with E-state index in [1.807, 2.05) is 4.90 Å². The molecule has 1 aromatic rings. The van der Waals surface area contributed by atoms with Gasteiger partial charge >= 0.3 is 0 Å². The summed E-state index contributed by atoms with van der Waals surface area (Å²) in [7, 11) is -3.65. The van der Waals surface area contributed by atoms with Crippen molar-refractivity contribution in [1.29, 1.82) is 0 Å². The van der Waals surface area contributed by atoms with Gasteiger partial charge in [0.1, 0.15) is 0 Å². The van der Waals surface area contributed by atoms with Gasteiger partial charge in [0.15, 0.2) is 5.11 Å². The van der Waals surface area contributed by atoms with Crippen molar-refractivity contribution in [3.63, 3.8) is 0 Å². The van der Waals surface area contributed by atoms with Crippen LogP contribution in [-0.4, -0.2) is 68.0 Å². The zero-order valence-corrected chi connectivity index (χ0v) is 17.7. The number of anilines is 1. The molecule has 0 aromatic heterocycles. The normalized spacial score (nSPS) is 21.3. The first-order chi connectivity index (χ1) is 13.3. The van der Waals surface area contributed by atoms with Crippen molar-refractivity contribution in [2.75, 3.05) is 44.7 Å². The molecule has 1 unspecified atom stereocenters. The molecule has 3 rings (SSSR count). The summed E-state index contributed by atoms with van der Waals surface area (Å²) >= 11 is 11.7. The van der Waals surface area contributed by atoms with E-state index in [0.717, 1.165) is 12.8 Å². The minimum Gasteiger partial charge on any atom is -0.379 e. The molecule has 2 aliphatic rings. The van der Waals surface area contributed by atoms with Crippen molar-refractivity contribution in [3.8, 4) is 0 Å². The molecule has 2 saturated heterocycles. The molecule has 2 fully saturated rings. The number of nitrogens with one attached hydrogen (secondary N) is 1. The number of rotatable bonds is 4. The number of carbonyl (C=O) groups is 1. The molecule has 11 heteroatoms. The SMILES string of the molecule is NC(=O)C1CCCN(C(=S)Nc2cc(S(=O)(=O)N3CCOCC3)ccc2Cl)C1. The summed E-state index contributed by atoms with van der Waals surface area (Å²) in [6, 6.07) is 4.49. The summed E-state index contributed by atoms with van der Waals surface area (Å²) in [5, 5.41) is 3.76. The van der Waals surface area contributed by atoms with Gasteiger partial charge in [-0.25, -0.2) is 8.42 Å². The van der Waals surface area contributed by atoms with Gasteiger partial charge in [-0.05, 0) is 43.3 Å². The quantitative estimate of drug-likeness (QED) is 0.670. The Morgan fingerprint density at radius 3 is 2.68 bits per heavy atom. The van der Waals surface area contributed by atoms with Gasteiger partial charge in [-0.3, -0.25) is 4.79 Å². The average Bonchev–Trinajstić information content (AvgIpc) is 2.70. The fourth-order valence-electron chi connectivity index (χ4n) is 3.28. The maximum absolute atomic E-state index is 12.9. The summed E-state index contributed by atoms with van der Waals surface area (Å²) in [4.78, 5) is 13.5. The zero-order valence-electron chi connectivity index (χ0n) is 15.3. The number of piperidine rings is 1. The molecule has 2 heterocycles. The van der Waals surface area contributed by atoms with Gasteiger partial charge in [-0.1, -0.05) is 11.6 Å². The molecular formula is C17H23ClN4O4S2. The monoisotopic (exact) mass is 446 g/mol. The molecule has 0 radical (unpaired) electrons. The van der Waals surface area contributed by atoms with E-state index in [1.165, 1.54) is 22.5 Å². The smallest absolute Gasteiger partial charge is 0.243 e. The second kappa shape index (κ2) is 8.91. The lowest BCUT2D eigenvalue weighted by atomic mass is 9.98. The number of nitrogens with two attached hydrogens (primary N) is 1. The molecule has 154 valence electrons. The number of nitrogens with zero attached hydrogens (tertiary/aromatic N) is 2. The molecule has 0 saturated carbocycles. The van der Waals surface area contributed by atoms with Gasteiger partial charge < -0.3 is 20.7 Å². The number of halogens is 1. The van der Waals surface area contributed by atoms with E-state index in [-0.39, 0.29) is 16.7 Å². The van der Waals surface area contributed by atoms with Crippen molar-refractivity contribution >= 4 is 50.5 Å². The van der Waals surface area contributed by atoms with Crippen LogP contribution in [0.5, 0.6) is 0 Å². The number of benzene rings is 1. The van der Waals surface area contributed by atoms with Crippen LogP contribution in [0.25, 0.3) is 0 Å². The van der Waals surface area contributed by atoms with Crippen LogP contribution >= 0.6 is 23.8 Å². The molecule has 2 aliphatic heterocycles. The van der Waals surface area contributed by atoms with Crippen LogP contribution in [0.2, 0.25) is 5.02 Å². The van der Waals surface area contributed by atoms with E-state index < -0.39 is 10.0 Å². The molecular weight excluding hydrogens is 424 g/mol. The largest absolute Gasteiger partial charge is 0.379 e. The fraction of sp³-hybridized carbons (Fsp3) is 0.529. The number of morpholine rings is 1. The first kappa shape index (κ1) is 21.3. The Morgan fingerprint density at radius 2 is 2.00 bits per heavy atom. The summed E-state index contributed by atoms with van der Waals surface area (Å²) in [5.41, 5.74) is 5.82. The third-order valence-corrected chi connectivity index (χ3v) is 7.48. The summed E-state index contributed by atoms with van der Waals surface area (Å²) in [6.07, 6.45) is 1.54. The lowest BCUT2D eigenvalue weighted by Crippen LogP contribution is -2.45. The number of sulfonamides is 1. The number of amides is 1. The van der Waals surface area contributed by atoms with Crippen LogP contribution < -0.4 is 11.1 Å². The Morgan fingerprint density at radius 1 is 1.29 bits per heavy atom. The third-order valence-electron chi connectivity index (χ3n) is 4.90. The summed E-state index contributed by atoms with van der Waals surface area (Å²) < 4.78 is 32.3. The van der Waals surface area contributed by atoms with Gasteiger partial charge in [0.05, 0.1) is 34.7 Å². The Bertz CT molecular complexity index is 859. The zero-order chi connectivity index (χ0) is 20.3. The molecule has 0 spiro atoms. The molecule has 8 nitrogen and oxygen atoms in total. The summed E-state index contributed by atoms with van der Waals surface area (Å²) in [6.45, 7) is 2.50. The van der Waals surface area contributed by atoms with Crippen molar-refractivity contribution < 1.29 is 17.9 Å². The van der Waals surface area contributed by atoms with Crippen LogP contribution in [0.4, 0.5) is 5.69 Å². The number of carbonyl (C=O) groups excluding carboxylic acids is 1. The highest BCUT2D eigenvalue weighted by atomic mass is 35.5. The number of thiocarbonyl (C=S) groups is 1. The Labute approximate surface area is 175 Å². The average molecular weight is 447 g/mol. The Hall–Kier alpha value is -1.46. The Kier molecular flexibility index (Phi) is 6.77. The van der Waals surface area contributed by atoms with Crippen molar-refractivity contribution in [2.45, 2.75) is 17.7 Å². The van der Waals surface area contributed by atoms with Crippen LogP contribution in [-0.2, 0) is 19.6 Å². The standard InChI is InChI=1S/C17H23ClN4O4S2/c18-14-4-3-13(28(24,25)22-6-8-26-9-7-22)10-15(14)20-17(27)21-5-1-2-12(11-21)16(19)23/h3-4,10,12H,1-2,5-9,11H2,(H2,19,23)(H,20,27). The van der Waals surface area contributed by atoms with Crippen molar-refractivity contribution in [2.24, 2.45) is 11.7 Å². The predicted molar refractivity (Wildman–Crippen MR) is 111 cm³/mol.